The first-order valence-electron chi connectivity index (χ1n) is 6.36. The van der Waals surface area contributed by atoms with Gasteiger partial charge < -0.3 is 19.5 Å². The summed E-state index contributed by atoms with van der Waals surface area (Å²) in [5, 5.41) is 18.0. The van der Waals surface area contributed by atoms with Crippen LogP contribution in [0.25, 0.3) is 0 Å². The van der Waals surface area contributed by atoms with Crippen molar-refractivity contribution in [2.45, 2.75) is 6.61 Å². The minimum absolute atomic E-state index is 0.350. The Kier molecular flexibility index (Phi) is 4.97. The van der Waals surface area contributed by atoms with Crippen molar-refractivity contribution in [3.05, 3.63) is 59.7 Å². The average Bonchev–Trinajstić information content (AvgIpc) is 2.53. The smallest absolute Gasteiger partial charge is 0.488 e. The third kappa shape index (κ3) is 4.08. The van der Waals surface area contributed by atoms with Crippen molar-refractivity contribution in [1.82, 2.24) is 0 Å². The molecule has 0 aliphatic rings. The zero-order valence-electron chi connectivity index (χ0n) is 11.5. The molecule has 5 nitrogen and oxygen atoms in total. The zero-order chi connectivity index (χ0) is 15.2. The summed E-state index contributed by atoms with van der Waals surface area (Å²) < 4.78 is 10.2. The van der Waals surface area contributed by atoms with Gasteiger partial charge in [-0.2, -0.15) is 0 Å². The van der Waals surface area contributed by atoms with E-state index in [9.17, 15) is 4.79 Å². The largest absolute Gasteiger partial charge is 0.489 e. The van der Waals surface area contributed by atoms with E-state index in [1.54, 1.807) is 48.5 Å². The van der Waals surface area contributed by atoms with Gasteiger partial charge in [-0.3, -0.25) is 0 Å². The first kappa shape index (κ1) is 15.1. The van der Waals surface area contributed by atoms with E-state index in [0.717, 1.165) is 5.56 Å². The molecule has 0 aliphatic heterocycles. The molecule has 2 aromatic rings. The maximum atomic E-state index is 11.3. The summed E-state index contributed by atoms with van der Waals surface area (Å²) in [6.45, 7) is 0.350. The van der Waals surface area contributed by atoms with Crippen LogP contribution < -0.4 is 10.2 Å². The van der Waals surface area contributed by atoms with Gasteiger partial charge in [0.05, 0.1) is 12.7 Å². The fourth-order valence-electron chi connectivity index (χ4n) is 1.76. The van der Waals surface area contributed by atoms with Crippen molar-refractivity contribution in [3.8, 4) is 5.75 Å². The van der Waals surface area contributed by atoms with E-state index in [-0.39, 0.29) is 5.97 Å². The molecule has 0 spiro atoms. The second-order valence-electron chi connectivity index (χ2n) is 4.42. The Morgan fingerprint density at radius 2 is 1.67 bits per heavy atom. The molecule has 0 aromatic heterocycles. The summed E-state index contributed by atoms with van der Waals surface area (Å²) in [5.41, 5.74) is 1.81. The fraction of sp³-hybridized carbons (Fsp3) is 0.133. The molecule has 0 saturated heterocycles. The molecule has 2 aromatic carbocycles. The molecule has 2 rings (SSSR count). The Morgan fingerprint density at radius 1 is 1.05 bits per heavy atom. The predicted molar refractivity (Wildman–Crippen MR) is 78.4 cm³/mol. The SMILES string of the molecule is COC(=O)c1ccc(COc2ccc(B(O)O)cc2)cc1. The van der Waals surface area contributed by atoms with Crippen LogP contribution in [0, 0.1) is 0 Å². The summed E-state index contributed by atoms with van der Waals surface area (Å²) in [6, 6.07) is 13.4. The topological polar surface area (TPSA) is 76.0 Å². The summed E-state index contributed by atoms with van der Waals surface area (Å²) in [7, 11) is -0.142. The summed E-state index contributed by atoms with van der Waals surface area (Å²) in [4.78, 5) is 11.3. The molecule has 0 bridgehead atoms. The van der Waals surface area contributed by atoms with Crippen LogP contribution >= 0.6 is 0 Å². The first-order valence-corrected chi connectivity index (χ1v) is 6.36. The van der Waals surface area contributed by atoms with Crippen molar-refractivity contribution in [3.63, 3.8) is 0 Å². The van der Waals surface area contributed by atoms with Gasteiger partial charge in [-0.15, -0.1) is 0 Å². The Hall–Kier alpha value is -2.31. The van der Waals surface area contributed by atoms with Crippen LogP contribution in [0.5, 0.6) is 5.75 Å². The van der Waals surface area contributed by atoms with E-state index >= 15 is 0 Å². The summed E-state index contributed by atoms with van der Waals surface area (Å²) in [5.74, 6) is 0.247. The molecule has 0 saturated carbocycles. The summed E-state index contributed by atoms with van der Waals surface area (Å²) in [6.07, 6.45) is 0. The van der Waals surface area contributed by atoms with Gasteiger partial charge in [0.25, 0.3) is 0 Å². The second kappa shape index (κ2) is 6.92. The van der Waals surface area contributed by atoms with Gasteiger partial charge in [-0.25, -0.2) is 4.79 Å². The van der Waals surface area contributed by atoms with Crippen LogP contribution in [0.1, 0.15) is 15.9 Å². The van der Waals surface area contributed by atoms with Crippen molar-refractivity contribution in [1.29, 1.82) is 0 Å². The standard InChI is InChI=1S/C15H15BO5/c1-20-15(17)12-4-2-11(3-5-12)10-21-14-8-6-13(7-9-14)16(18)19/h2-9,18-19H,10H2,1H3. The van der Waals surface area contributed by atoms with Crippen molar-refractivity contribution in [2.75, 3.05) is 7.11 Å². The van der Waals surface area contributed by atoms with E-state index in [1.165, 1.54) is 7.11 Å². The third-order valence-electron chi connectivity index (χ3n) is 2.96. The number of esters is 1. The van der Waals surface area contributed by atoms with Crippen LogP contribution in [0.4, 0.5) is 0 Å². The number of carbonyl (C=O) groups is 1. The summed E-state index contributed by atoms with van der Waals surface area (Å²) >= 11 is 0. The minimum Gasteiger partial charge on any atom is -0.489 e. The lowest BCUT2D eigenvalue weighted by atomic mass is 9.80. The molecule has 0 aliphatic carbocycles. The Labute approximate surface area is 122 Å². The van der Waals surface area contributed by atoms with Crippen LogP contribution in [-0.4, -0.2) is 30.2 Å². The number of rotatable bonds is 5. The number of ether oxygens (including phenoxy) is 2. The van der Waals surface area contributed by atoms with Gasteiger partial charge in [0.2, 0.25) is 0 Å². The van der Waals surface area contributed by atoms with Gasteiger partial charge >= 0.3 is 13.1 Å². The Bertz CT molecular complexity index is 592. The third-order valence-corrected chi connectivity index (χ3v) is 2.96. The molecule has 2 N–H and O–H groups in total. The van der Waals surface area contributed by atoms with E-state index < -0.39 is 7.12 Å². The highest BCUT2D eigenvalue weighted by Crippen LogP contribution is 2.12. The number of carbonyl (C=O) groups excluding carboxylic acids is 1. The molecular formula is C15H15BO5. The number of benzene rings is 2. The van der Waals surface area contributed by atoms with Crippen LogP contribution in [0.15, 0.2) is 48.5 Å². The average molecular weight is 286 g/mol. The maximum absolute atomic E-state index is 11.3. The number of hydrogen-bond donors (Lipinski definition) is 2. The van der Waals surface area contributed by atoms with E-state index in [4.69, 9.17) is 14.8 Å². The molecule has 0 amide bonds. The molecule has 0 radical (unpaired) electrons. The van der Waals surface area contributed by atoms with E-state index in [1.807, 2.05) is 0 Å². The lowest BCUT2D eigenvalue weighted by Crippen LogP contribution is -2.29. The highest BCUT2D eigenvalue weighted by Gasteiger charge is 2.10. The molecule has 0 heterocycles. The van der Waals surface area contributed by atoms with Gasteiger partial charge in [0.15, 0.2) is 0 Å². The second-order valence-corrected chi connectivity index (χ2v) is 4.42. The predicted octanol–water partition coefficient (Wildman–Crippen LogP) is 0.732. The zero-order valence-corrected chi connectivity index (χ0v) is 11.5. The molecular weight excluding hydrogens is 271 g/mol. The molecule has 0 unspecified atom stereocenters. The van der Waals surface area contributed by atoms with Gasteiger partial charge in [-0.1, -0.05) is 24.3 Å². The Balaban J connectivity index is 1.95. The first-order chi connectivity index (χ1) is 10.1. The van der Waals surface area contributed by atoms with Gasteiger partial charge in [-0.05, 0) is 35.3 Å². The molecule has 0 fully saturated rings. The molecule has 0 atom stereocenters. The normalized spacial score (nSPS) is 10.0. The minimum atomic E-state index is -1.48. The highest BCUT2D eigenvalue weighted by atomic mass is 16.5. The number of methoxy groups -OCH3 is 1. The highest BCUT2D eigenvalue weighted by molar-refractivity contribution is 6.58. The Morgan fingerprint density at radius 3 is 2.19 bits per heavy atom. The quantitative estimate of drug-likeness (QED) is 0.626. The monoisotopic (exact) mass is 286 g/mol. The number of hydrogen-bond acceptors (Lipinski definition) is 5. The van der Waals surface area contributed by atoms with E-state index in [2.05, 4.69) is 4.74 Å². The van der Waals surface area contributed by atoms with Crippen LogP contribution in [-0.2, 0) is 11.3 Å². The molecule has 108 valence electrons. The lowest BCUT2D eigenvalue weighted by Gasteiger charge is -2.08. The molecule has 21 heavy (non-hydrogen) atoms. The van der Waals surface area contributed by atoms with Gasteiger partial charge in [0.1, 0.15) is 12.4 Å². The van der Waals surface area contributed by atoms with Crippen LogP contribution in [0.2, 0.25) is 0 Å². The van der Waals surface area contributed by atoms with Crippen LogP contribution in [0.3, 0.4) is 0 Å². The lowest BCUT2D eigenvalue weighted by molar-refractivity contribution is 0.0600. The van der Waals surface area contributed by atoms with E-state index in [0.29, 0.717) is 23.4 Å². The fourth-order valence-corrected chi connectivity index (χ4v) is 1.76. The van der Waals surface area contributed by atoms with Crippen molar-refractivity contribution in [2.24, 2.45) is 0 Å². The van der Waals surface area contributed by atoms with Crippen molar-refractivity contribution < 1.29 is 24.3 Å². The molecule has 6 heteroatoms. The van der Waals surface area contributed by atoms with Crippen molar-refractivity contribution >= 4 is 18.6 Å². The maximum Gasteiger partial charge on any atom is 0.488 e. The van der Waals surface area contributed by atoms with Gasteiger partial charge in [0, 0.05) is 0 Å².